The maximum absolute atomic E-state index is 13.7. The largest absolute Gasteiger partial charge is 0.496 e. The predicted octanol–water partition coefficient (Wildman–Crippen LogP) is 4.58. The van der Waals surface area contributed by atoms with Crippen molar-refractivity contribution >= 4 is 16.9 Å². The van der Waals surface area contributed by atoms with Gasteiger partial charge < -0.3 is 14.4 Å². The highest BCUT2D eigenvalue weighted by atomic mass is 19.2. The highest BCUT2D eigenvalue weighted by Gasteiger charge is 2.24. The van der Waals surface area contributed by atoms with E-state index in [0.717, 1.165) is 28.2 Å². The number of hydrogen-bond donors (Lipinski definition) is 0. The van der Waals surface area contributed by atoms with Crippen molar-refractivity contribution < 1.29 is 23.0 Å². The molecule has 31 heavy (non-hydrogen) atoms. The van der Waals surface area contributed by atoms with Crippen LogP contribution in [0.25, 0.3) is 10.8 Å². The van der Waals surface area contributed by atoms with Gasteiger partial charge in [0.25, 0.3) is 0 Å². The summed E-state index contributed by atoms with van der Waals surface area (Å²) in [4.78, 5) is 16.2. The van der Waals surface area contributed by atoms with Crippen molar-refractivity contribution in [2.24, 2.45) is 0 Å². The molecule has 1 fully saturated rings. The second-order valence-electron chi connectivity index (χ2n) is 7.50. The normalized spacial score (nSPS) is 14.6. The van der Waals surface area contributed by atoms with Crippen molar-refractivity contribution in [1.82, 2.24) is 9.80 Å². The topological polar surface area (TPSA) is 42.0 Å². The molecule has 0 aromatic heterocycles. The fourth-order valence-electron chi connectivity index (χ4n) is 3.87. The van der Waals surface area contributed by atoms with E-state index in [-0.39, 0.29) is 12.2 Å². The Morgan fingerprint density at radius 1 is 0.968 bits per heavy atom. The number of halogens is 2. The second-order valence-corrected chi connectivity index (χ2v) is 7.50. The first-order valence-corrected chi connectivity index (χ1v) is 10.2. The van der Waals surface area contributed by atoms with Crippen molar-refractivity contribution in [3.05, 3.63) is 77.4 Å². The van der Waals surface area contributed by atoms with E-state index in [9.17, 15) is 13.6 Å². The fourth-order valence-corrected chi connectivity index (χ4v) is 3.87. The van der Waals surface area contributed by atoms with Crippen molar-refractivity contribution in [2.45, 2.75) is 13.2 Å². The first-order chi connectivity index (χ1) is 15.1. The molecule has 3 aromatic rings. The van der Waals surface area contributed by atoms with Crippen LogP contribution in [0.15, 0.2) is 54.6 Å². The molecule has 1 amide bonds. The van der Waals surface area contributed by atoms with E-state index in [0.29, 0.717) is 32.7 Å². The number of carbonyl (C=O) groups excluding carboxylic acids is 1. The molecular formula is C24H24F2N2O3. The van der Waals surface area contributed by atoms with Crippen LogP contribution in [-0.2, 0) is 17.9 Å². The van der Waals surface area contributed by atoms with E-state index in [1.807, 2.05) is 24.3 Å². The molecule has 0 radical (unpaired) electrons. The van der Waals surface area contributed by atoms with Crippen LogP contribution in [0.2, 0.25) is 0 Å². The molecule has 4 rings (SSSR count). The van der Waals surface area contributed by atoms with Crippen molar-refractivity contribution in [2.75, 3.05) is 33.3 Å². The number of fused-ring (bicyclic) bond motifs is 1. The molecule has 0 N–H and O–H groups in total. The fraction of sp³-hybridized carbons (Fsp3) is 0.292. The number of rotatable bonds is 5. The smallest absolute Gasteiger partial charge is 0.410 e. The maximum atomic E-state index is 13.7. The molecule has 1 aliphatic rings. The number of methoxy groups -OCH3 is 1. The van der Waals surface area contributed by atoms with Crippen LogP contribution in [0.4, 0.5) is 13.6 Å². The zero-order valence-corrected chi connectivity index (χ0v) is 17.3. The third-order valence-electron chi connectivity index (χ3n) is 5.61. The molecule has 1 saturated heterocycles. The summed E-state index contributed by atoms with van der Waals surface area (Å²) >= 11 is 0. The molecule has 0 unspecified atom stereocenters. The lowest BCUT2D eigenvalue weighted by Gasteiger charge is -2.34. The SMILES string of the molecule is COc1ccc2ccccc2c1CN1CCN(C(=O)OCc2cccc(F)c2F)CC1. The number of benzene rings is 3. The maximum Gasteiger partial charge on any atom is 0.410 e. The summed E-state index contributed by atoms with van der Waals surface area (Å²) in [5.74, 6) is -1.09. The first kappa shape index (κ1) is 21.1. The Balaban J connectivity index is 1.35. The van der Waals surface area contributed by atoms with Gasteiger partial charge in [0, 0.05) is 43.9 Å². The molecule has 162 valence electrons. The minimum absolute atomic E-state index is 0.0232. The number of amides is 1. The Labute approximate surface area is 179 Å². The minimum Gasteiger partial charge on any atom is -0.496 e. The van der Waals surface area contributed by atoms with Gasteiger partial charge in [0.15, 0.2) is 11.6 Å². The van der Waals surface area contributed by atoms with E-state index in [1.165, 1.54) is 12.1 Å². The quantitative estimate of drug-likeness (QED) is 0.599. The standard InChI is InChI=1S/C24H24F2N2O3/c1-30-22-10-9-17-5-2-3-7-19(17)20(22)15-27-11-13-28(14-12-27)24(29)31-16-18-6-4-8-21(25)23(18)26/h2-10H,11-16H2,1H3. The third kappa shape index (κ3) is 4.61. The molecule has 0 bridgehead atoms. The first-order valence-electron chi connectivity index (χ1n) is 10.2. The molecule has 0 atom stereocenters. The van der Waals surface area contributed by atoms with E-state index in [2.05, 4.69) is 17.0 Å². The van der Waals surface area contributed by atoms with Crippen LogP contribution in [0, 0.1) is 11.6 Å². The van der Waals surface area contributed by atoms with E-state index in [4.69, 9.17) is 9.47 Å². The lowest BCUT2D eigenvalue weighted by atomic mass is 10.0. The molecule has 3 aromatic carbocycles. The zero-order valence-electron chi connectivity index (χ0n) is 17.3. The Morgan fingerprint density at radius 2 is 1.74 bits per heavy atom. The average molecular weight is 426 g/mol. The summed E-state index contributed by atoms with van der Waals surface area (Å²) in [6.07, 6.45) is -0.522. The van der Waals surface area contributed by atoms with Gasteiger partial charge in [-0.25, -0.2) is 13.6 Å². The highest BCUT2D eigenvalue weighted by molar-refractivity contribution is 5.87. The van der Waals surface area contributed by atoms with Crippen LogP contribution < -0.4 is 4.74 Å². The lowest BCUT2D eigenvalue weighted by molar-refractivity contribution is 0.0692. The molecule has 0 spiro atoms. The number of carbonyl (C=O) groups is 1. The summed E-state index contributed by atoms with van der Waals surface area (Å²) in [5, 5.41) is 2.31. The third-order valence-corrected chi connectivity index (χ3v) is 5.61. The van der Waals surface area contributed by atoms with Crippen molar-refractivity contribution in [3.63, 3.8) is 0 Å². The highest BCUT2D eigenvalue weighted by Crippen LogP contribution is 2.29. The second kappa shape index (κ2) is 9.31. The van der Waals surface area contributed by atoms with Crippen molar-refractivity contribution in [1.29, 1.82) is 0 Å². The van der Waals surface area contributed by atoms with Gasteiger partial charge in [0.1, 0.15) is 12.4 Å². The summed E-state index contributed by atoms with van der Waals surface area (Å²) in [6, 6.07) is 16.1. The monoisotopic (exact) mass is 426 g/mol. The average Bonchev–Trinajstić information content (AvgIpc) is 2.80. The van der Waals surface area contributed by atoms with Crippen LogP contribution in [0.3, 0.4) is 0 Å². The van der Waals surface area contributed by atoms with Gasteiger partial charge in [-0.2, -0.15) is 0 Å². The predicted molar refractivity (Wildman–Crippen MR) is 114 cm³/mol. The summed E-state index contributed by atoms with van der Waals surface area (Å²) in [5.41, 5.74) is 1.15. The molecule has 0 saturated carbocycles. The summed E-state index contributed by atoms with van der Waals surface area (Å²) in [7, 11) is 1.67. The van der Waals surface area contributed by atoms with Crippen LogP contribution in [0.1, 0.15) is 11.1 Å². The van der Waals surface area contributed by atoms with Crippen LogP contribution in [-0.4, -0.2) is 49.2 Å². The van der Waals surface area contributed by atoms with Gasteiger partial charge in [-0.3, -0.25) is 4.90 Å². The van der Waals surface area contributed by atoms with Gasteiger partial charge >= 0.3 is 6.09 Å². The number of hydrogen-bond acceptors (Lipinski definition) is 4. The van der Waals surface area contributed by atoms with E-state index >= 15 is 0 Å². The van der Waals surface area contributed by atoms with Gasteiger partial charge in [-0.1, -0.05) is 42.5 Å². The van der Waals surface area contributed by atoms with Gasteiger partial charge in [-0.05, 0) is 22.9 Å². The Bertz CT molecular complexity index is 1080. The van der Waals surface area contributed by atoms with Gasteiger partial charge in [-0.15, -0.1) is 0 Å². The molecule has 1 aliphatic heterocycles. The summed E-state index contributed by atoms with van der Waals surface area (Å²) < 4.78 is 37.8. The number of nitrogens with zero attached hydrogens (tertiary/aromatic N) is 2. The molecule has 5 nitrogen and oxygen atoms in total. The van der Waals surface area contributed by atoms with E-state index < -0.39 is 17.7 Å². The van der Waals surface area contributed by atoms with Crippen LogP contribution in [0.5, 0.6) is 5.75 Å². The summed E-state index contributed by atoms with van der Waals surface area (Å²) in [6.45, 7) is 2.76. The Kier molecular flexibility index (Phi) is 6.32. The number of piperazine rings is 1. The van der Waals surface area contributed by atoms with E-state index in [1.54, 1.807) is 12.0 Å². The Morgan fingerprint density at radius 3 is 2.52 bits per heavy atom. The molecular weight excluding hydrogens is 402 g/mol. The molecule has 1 heterocycles. The zero-order chi connectivity index (χ0) is 21.8. The van der Waals surface area contributed by atoms with Gasteiger partial charge in [0.05, 0.1) is 7.11 Å². The Hall–Kier alpha value is -3.19. The minimum atomic E-state index is -0.982. The molecule has 7 heteroatoms. The van der Waals surface area contributed by atoms with Crippen LogP contribution >= 0.6 is 0 Å². The number of ether oxygens (including phenoxy) is 2. The van der Waals surface area contributed by atoms with Crippen molar-refractivity contribution in [3.8, 4) is 5.75 Å². The molecule has 0 aliphatic carbocycles. The van der Waals surface area contributed by atoms with Gasteiger partial charge in [0.2, 0.25) is 0 Å². The lowest BCUT2D eigenvalue weighted by Crippen LogP contribution is -2.48.